The molecule has 2 aromatic rings. The Balaban J connectivity index is 1.45. The van der Waals surface area contributed by atoms with E-state index in [-0.39, 0.29) is 5.91 Å². The number of nitrogens with zero attached hydrogens (tertiary/aromatic N) is 2. The van der Waals surface area contributed by atoms with Gasteiger partial charge in [0.05, 0.1) is 12.8 Å². The SMILES string of the molecule is COc1ccccc1N1CCN(C(=O)CCSc2ccc(C)cc2)CC1. The van der Waals surface area contributed by atoms with Gasteiger partial charge in [0.1, 0.15) is 5.75 Å². The predicted octanol–water partition coefficient (Wildman–Crippen LogP) is 3.83. The summed E-state index contributed by atoms with van der Waals surface area (Å²) in [4.78, 5) is 18.0. The van der Waals surface area contributed by atoms with Crippen LogP contribution in [0.2, 0.25) is 0 Å². The molecule has 26 heavy (non-hydrogen) atoms. The Bertz CT molecular complexity index is 725. The van der Waals surface area contributed by atoms with E-state index in [0.717, 1.165) is 43.4 Å². The molecular formula is C21H26N2O2S. The van der Waals surface area contributed by atoms with Crippen molar-refractivity contribution in [1.82, 2.24) is 4.90 Å². The van der Waals surface area contributed by atoms with E-state index in [1.54, 1.807) is 18.9 Å². The summed E-state index contributed by atoms with van der Waals surface area (Å²) >= 11 is 1.75. The molecule has 0 bridgehead atoms. The van der Waals surface area contributed by atoms with E-state index in [9.17, 15) is 4.79 Å². The molecule has 1 fully saturated rings. The van der Waals surface area contributed by atoms with E-state index in [1.807, 2.05) is 23.1 Å². The molecule has 0 N–H and O–H groups in total. The van der Waals surface area contributed by atoms with Crippen LogP contribution in [0.25, 0.3) is 0 Å². The molecule has 0 unspecified atom stereocenters. The van der Waals surface area contributed by atoms with Crippen molar-refractivity contribution in [3.8, 4) is 5.75 Å². The molecule has 0 radical (unpaired) electrons. The number of thioether (sulfide) groups is 1. The van der Waals surface area contributed by atoms with Gasteiger partial charge in [-0.15, -0.1) is 11.8 Å². The number of carbonyl (C=O) groups excluding carboxylic acids is 1. The number of hydrogen-bond acceptors (Lipinski definition) is 4. The molecule has 1 aliphatic rings. The highest BCUT2D eigenvalue weighted by molar-refractivity contribution is 7.99. The molecule has 1 amide bonds. The Morgan fingerprint density at radius 3 is 2.42 bits per heavy atom. The summed E-state index contributed by atoms with van der Waals surface area (Å²) in [7, 11) is 1.70. The van der Waals surface area contributed by atoms with Crippen molar-refractivity contribution in [2.45, 2.75) is 18.2 Å². The second kappa shape index (κ2) is 8.99. The smallest absolute Gasteiger partial charge is 0.223 e. The Hall–Kier alpha value is -2.14. The van der Waals surface area contributed by atoms with Gasteiger partial charge in [-0.2, -0.15) is 0 Å². The Morgan fingerprint density at radius 1 is 1.04 bits per heavy atom. The molecule has 1 heterocycles. The Morgan fingerprint density at radius 2 is 1.73 bits per heavy atom. The predicted molar refractivity (Wildman–Crippen MR) is 108 cm³/mol. The van der Waals surface area contributed by atoms with Gasteiger partial charge in [0.15, 0.2) is 0 Å². The maximum Gasteiger partial charge on any atom is 0.223 e. The fraction of sp³-hybridized carbons (Fsp3) is 0.381. The minimum atomic E-state index is 0.254. The van der Waals surface area contributed by atoms with Gasteiger partial charge in [-0.25, -0.2) is 0 Å². The zero-order valence-electron chi connectivity index (χ0n) is 15.5. The van der Waals surface area contributed by atoms with E-state index < -0.39 is 0 Å². The average Bonchev–Trinajstić information content (AvgIpc) is 2.69. The lowest BCUT2D eigenvalue weighted by molar-refractivity contribution is -0.131. The molecule has 0 saturated carbocycles. The monoisotopic (exact) mass is 370 g/mol. The standard InChI is InChI=1S/C21H26N2O2S/c1-17-7-9-18(10-8-17)26-16-11-21(24)23-14-12-22(13-15-23)19-5-3-4-6-20(19)25-2/h3-10H,11-16H2,1-2H3. The number of anilines is 1. The number of hydrogen-bond donors (Lipinski definition) is 0. The fourth-order valence-electron chi connectivity index (χ4n) is 3.14. The molecule has 1 saturated heterocycles. The van der Waals surface area contributed by atoms with Gasteiger partial charge in [-0.3, -0.25) is 4.79 Å². The fourth-order valence-corrected chi connectivity index (χ4v) is 3.98. The molecule has 0 aliphatic carbocycles. The third kappa shape index (κ3) is 4.73. The number of para-hydroxylation sites is 2. The quantitative estimate of drug-likeness (QED) is 0.724. The van der Waals surface area contributed by atoms with E-state index in [1.165, 1.54) is 10.5 Å². The van der Waals surface area contributed by atoms with Gasteiger partial charge in [0.25, 0.3) is 0 Å². The van der Waals surface area contributed by atoms with Crippen LogP contribution in [0.4, 0.5) is 5.69 Å². The second-order valence-electron chi connectivity index (χ2n) is 6.45. The number of methoxy groups -OCH3 is 1. The van der Waals surface area contributed by atoms with E-state index in [0.29, 0.717) is 6.42 Å². The largest absolute Gasteiger partial charge is 0.495 e. The van der Waals surface area contributed by atoms with Crippen molar-refractivity contribution in [2.24, 2.45) is 0 Å². The van der Waals surface area contributed by atoms with Crippen LogP contribution in [0.1, 0.15) is 12.0 Å². The van der Waals surface area contributed by atoms with Gasteiger partial charge in [0.2, 0.25) is 5.91 Å². The lowest BCUT2D eigenvalue weighted by atomic mass is 10.2. The first-order valence-corrected chi connectivity index (χ1v) is 10.0. The number of amides is 1. The summed E-state index contributed by atoms with van der Waals surface area (Å²) in [6.45, 7) is 5.31. The van der Waals surface area contributed by atoms with Crippen LogP contribution in [0.3, 0.4) is 0 Å². The third-order valence-electron chi connectivity index (χ3n) is 4.66. The number of ether oxygens (including phenoxy) is 1. The summed E-state index contributed by atoms with van der Waals surface area (Å²) in [6, 6.07) is 16.5. The first-order valence-electron chi connectivity index (χ1n) is 9.02. The molecule has 0 atom stereocenters. The van der Waals surface area contributed by atoms with Crippen molar-refractivity contribution >= 4 is 23.4 Å². The highest BCUT2D eigenvalue weighted by Crippen LogP contribution is 2.28. The molecule has 0 spiro atoms. The molecule has 0 aromatic heterocycles. The second-order valence-corrected chi connectivity index (χ2v) is 7.62. The van der Waals surface area contributed by atoms with Crippen molar-refractivity contribution in [3.05, 3.63) is 54.1 Å². The highest BCUT2D eigenvalue weighted by Gasteiger charge is 2.22. The Kier molecular flexibility index (Phi) is 6.45. The average molecular weight is 371 g/mol. The molecular weight excluding hydrogens is 344 g/mol. The van der Waals surface area contributed by atoms with Gasteiger partial charge in [-0.1, -0.05) is 29.8 Å². The summed E-state index contributed by atoms with van der Waals surface area (Å²) in [5.41, 5.74) is 2.37. The lowest BCUT2D eigenvalue weighted by Gasteiger charge is -2.36. The van der Waals surface area contributed by atoms with E-state index in [4.69, 9.17) is 4.74 Å². The summed E-state index contributed by atoms with van der Waals surface area (Å²) in [5.74, 6) is 1.97. The zero-order valence-corrected chi connectivity index (χ0v) is 16.3. The number of piperazine rings is 1. The van der Waals surface area contributed by atoms with Crippen molar-refractivity contribution in [2.75, 3.05) is 43.9 Å². The van der Waals surface area contributed by atoms with Crippen LogP contribution >= 0.6 is 11.8 Å². The van der Waals surface area contributed by atoms with Crippen molar-refractivity contribution in [1.29, 1.82) is 0 Å². The first kappa shape index (κ1) is 18.6. The minimum absolute atomic E-state index is 0.254. The zero-order chi connectivity index (χ0) is 18.4. The van der Waals surface area contributed by atoms with Crippen LogP contribution in [0, 0.1) is 6.92 Å². The molecule has 2 aromatic carbocycles. The molecule has 5 heteroatoms. The topological polar surface area (TPSA) is 32.8 Å². The molecule has 4 nitrogen and oxygen atoms in total. The summed E-state index contributed by atoms with van der Waals surface area (Å²) < 4.78 is 5.45. The molecule has 1 aliphatic heterocycles. The van der Waals surface area contributed by atoms with Gasteiger partial charge >= 0.3 is 0 Å². The third-order valence-corrected chi connectivity index (χ3v) is 5.68. The maximum absolute atomic E-state index is 12.5. The molecule has 138 valence electrons. The lowest BCUT2D eigenvalue weighted by Crippen LogP contribution is -2.49. The normalized spacial score (nSPS) is 14.4. The minimum Gasteiger partial charge on any atom is -0.495 e. The van der Waals surface area contributed by atoms with Gasteiger partial charge in [-0.05, 0) is 31.2 Å². The number of benzene rings is 2. The highest BCUT2D eigenvalue weighted by atomic mass is 32.2. The van der Waals surface area contributed by atoms with Crippen molar-refractivity contribution < 1.29 is 9.53 Å². The maximum atomic E-state index is 12.5. The number of aryl methyl sites for hydroxylation is 1. The van der Waals surface area contributed by atoms with Crippen molar-refractivity contribution in [3.63, 3.8) is 0 Å². The number of rotatable bonds is 6. The summed E-state index contributed by atoms with van der Waals surface area (Å²) in [6.07, 6.45) is 0.590. The number of carbonyl (C=O) groups is 1. The van der Waals surface area contributed by atoms with Crippen LogP contribution < -0.4 is 9.64 Å². The van der Waals surface area contributed by atoms with Crippen LogP contribution in [-0.2, 0) is 4.79 Å². The van der Waals surface area contributed by atoms with Crippen LogP contribution in [-0.4, -0.2) is 49.8 Å². The van der Waals surface area contributed by atoms with Crippen LogP contribution in [0.5, 0.6) is 5.75 Å². The molecule has 3 rings (SSSR count). The van der Waals surface area contributed by atoms with Gasteiger partial charge < -0.3 is 14.5 Å². The Labute approximate surface area is 160 Å². The van der Waals surface area contributed by atoms with E-state index >= 15 is 0 Å². The van der Waals surface area contributed by atoms with Crippen LogP contribution in [0.15, 0.2) is 53.4 Å². The summed E-state index contributed by atoms with van der Waals surface area (Å²) in [5, 5.41) is 0. The van der Waals surface area contributed by atoms with Gasteiger partial charge in [0, 0.05) is 43.2 Å². The first-order chi connectivity index (χ1) is 12.7. The van der Waals surface area contributed by atoms with E-state index in [2.05, 4.69) is 42.2 Å².